The summed E-state index contributed by atoms with van der Waals surface area (Å²) in [6.07, 6.45) is 1.59. The fourth-order valence-corrected chi connectivity index (χ4v) is 2.22. The lowest BCUT2D eigenvalue weighted by molar-refractivity contribution is -0.143. The zero-order valence-electron chi connectivity index (χ0n) is 13.7. The number of hydrogen-bond donors (Lipinski definition) is 1. The van der Waals surface area contributed by atoms with E-state index in [4.69, 9.17) is 9.57 Å². The van der Waals surface area contributed by atoms with Crippen LogP contribution in [0.5, 0.6) is 0 Å². The quantitative estimate of drug-likeness (QED) is 0.620. The number of benzene rings is 1. The molecule has 0 bridgehead atoms. The Bertz CT molecular complexity index is 654. The van der Waals surface area contributed by atoms with Gasteiger partial charge in [0, 0.05) is 19.2 Å². The molecule has 1 N–H and O–H groups in total. The summed E-state index contributed by atoms with van der Waals surface area (Å²) in [5, 5.41) is 5.56. The van der Waals surface area contributed by atoms with Crippen molar-refractivity contribution >= 4 is 23.7 Å². The highest BCUT2D eigenvalue weighted by molar-refractivity contribution is 6.31. The first kappa shape index (κ1) is 18.8. The van der Waals surface area contributed by atoms with Crippen LogP contribution in [0.4, 0.5) is 14.5 Å². The van der Waals surface area contributed by atoms with Crippen LogP contribution in [0.3, 0.4) is 0 Å². The number of carbonyl (C=O) groups excluding carboxylic acids is 2. The number of hydrogen-bond acceptors (Lipinski definition) is 5. The summed E-state index contributed by atoms with van der Waals surface area (Å²) in [6.45, 7) is 3.10. The molecular formula is C16H19F2N3O4. The minimum Gasteiger partial charge on any atom is -0.386 e. The molecule has 136 valence electrons. The summed E-state index contributed by atoms with van der Waals surface area (Å²) in [5.74, 6) is -2.69. The van der Waals surface area contributed by atoms with Crippen molar-refractivity contribution in [1.29, 1.82) is 0 Å². The van der Waals surface area contributed by atoms with Gasteiger partial charge in [0.1, 0.15) is 17.8 Å². The molecule has 2 amide bonds. The Labute approximate surface area is 143 Å². The lowest BCUT2D eigenvalue weighted by atomic mass is 10.2. The average molecular weight is 355 g/mol. The highest BCUT2D eigenvalue weighted by atomic mass is 19.1. The van der Waals surface area contributed by atoms with Gasteiger partial charge in [0.05, 0.1) is 18.4 Å². The second-order valence-corrected chi connectivity index (χ2v) is 5.36. The molecule has 0 aromatic heterocycles. The molecule has 1 fully saturated rings. The highest BCUT2D eigenvalue weighted by Gasteiger charge is 2.23. The summed E-state index contributed by atoms with van der Waals surface area (Å²) in [4.78, 5) is 29.9. The molecule has 1 aromatic carbocycles. The van der Waals surface area contributed by atoms with Crippen LogP contribution in [0.1, 0.15) is 13.3 Å². The third-order valence-corrected chi connectivity index (χ3v) is 3.57. The summed E-state index contributed by atoms with van der Waals surface area (Å²) < 4.78 is 31.6. The minimum atomic E-state index is -0.907. The van der Waals surface area contributed by atoms with Crippen LogP contribution in [0.25, 0.3) is 0 Å². The first-order valence-corrected chi connectivity index (χ1v) is 7.80. The molecule has 9 heteroatoms. The van der Waals surface area contributed by atoms with Crippen LogP contribution in [0, 0.1) is 11.6 Å². The molecule has 1 aromatic rings. The molecule has 1 saturated heterocycles. The fraction of sp³-hybridized carbons (Fsp3) is 0.438. The zero-order valence-corrected chi connectivity index (χ0v) is 13.7. The largest absolute Gasteiger partial charge is 0.386 e. The van der Waals surface area contributed by atoms with Crippen molar-refractivity contribution in [2.75, 3.05) is 31.6 Å². The van der Waals surface area contributed by atoms with E-state index in [9.17, 15) is 18.4 Å². The average Bonchev–Trinajstić information content (AvgIpc) is 2.61. The summed E-state index contributed by atoms with van der Waals surface area (Å²) >= 11 is 0. The van der Waals surface area contributed by atoms with Crippen molar-refractivity contribution in [2.24, 2.45) is 5.16 Å². The van der Waals surface area contributed by atoms with Gasteiger partial charge in [-0.1, -0.05) is 12.1 Å². The maximum Gasteiger partial charge on any atom is 0.270 e. The van der Waals surface area contributed by atoms with Crippen LogP contribution in [0.15, 0.2) is 23.4 Å². The number of anilines is 1. The molecule has 1 heterocycles. The number of ether oxygens (including phenoxy) is 1. The van der Waals surface area contributed by atoms with Crippen molar-refractivity contribution < 1.29 is 27.9 Å². The second kappa shape index (κ2) is 9.07. The predicted octanol–water partition coefficient (Wildman–Crippen LogP) is 1.54. The molecule has 0 aliphatic carbocycles. The number of rotatable bonds is 6. The normalized spacial score (nSPS) is 17.6. The molecule has 1 aliphatic heterocycles. The topological polar surface area (TPSA) is 80.2 Å². The number of halogens is 2. The molecule has 7 nitrogen and oxygen atoms in total. The standard InChI is InChI=1S/C16H19F2N3O4/c1-2-12-9-21(5-6-24-12)16(23)10-25-19-8-15(22)20-14-4-3-11(17)7-13(14)18/h3-4,7-8,12H,2,5-6,9-10H2,1H3,(H,20,22)/b19-8+. The smallest absolute Gasteiger partial charge is 0.270 e. The third kappa shape index (κ3) is 5.79. The summed E-state index contributed by atoms with van der Waals surface area (Å²) in [5.41, 5.74) is -0.187. The van der Waals surface area contributed by atoms with Gasteiger partial charge < -0.3 is 19.8 Å². The van der Waals surface area contributed by atoms with Gasteiger partial charge in [-0.25, -0.2) is 8.78 Å². The van der Waals surface area contributed by atoms with Gasteiger partial charge in [-0.05, 0) is 18.6 Å². The first-order chi connectivity index (χ1) is 12.0. The summed E-state index contributed by atoms with van der Waals surface area (Å²) in [6, 6.07) is 2.74. The molecule has 2 rings (SSSR count). The maximum absolute atomic E-state index is 13.4. The van der Waals surface area contributed by atoms with E-state index in [-0.39, 0.29) is 24.3 Å². The van der Waals surface area contributed by atoms with Gasteiger partial charge in [-0.3, -0.25) is 9.59 Å². The molecule has 1 unspecified atom stereocenters. The van der Waals surface area contributed by atoms with Crippen molar-refractivity contribution in [3.05, 3.63) is 29.8 Å². The number of nitrogens with zero attached hydrogens (tertiary/aromatic N) is 2. The monoisotopic (exact) mass is 355 g/mol. The van der Waals surface area contributed by atoms with Crippen molar-refractivity contribution in [1.82, 2.24) is 4.90 Å². The zero-order chi connectivity index (χ0) is 18.2. The van der Waals surface area contributed by atoms with Crippen LogP contribution in [-0.2, 0) is 19.2 Å². The molecule has 1 aliphatic rings. The molecule has 0 saturated carbocycles. The molecular weight excluding hydrogens is 336 g/mol. The molecule has 0 spiro atoms. The van der Waals surface area contributed by atoms with Crippen LogP contribution in [0.2, 0.25) is 0 Å². The van der Waals surface area contributed by atoms with Crippen molar-refractivity contribution in [2.45, 2.75) is 19.4 Å². The van der Waals surface area contributed by atoms with E-state index in [1.54, 1.807) is 4.90 Å². The van der Waals surface area contributed by atoms with E-state index in [1.165, 1.54) is 0 Å². The lowest BCUT2D eigenvalue weighted by Crippen LogP contribution is -2.46. The van der Waals surface area contributed by atoms with Gasteiger partial charge in [0.2, 0.25) is 0 Å². The van der Waals surface area contributed by atoms with Crippen LogP contribution >= 0.6 is 0 Å². The van der Waals surface area contributed by atoms with E-state index >= 15 is 0 Å². The van der Waals surface area contributed by atoms with Crippen LogP contribution < -0.4 is 5.32 Å². The number of carbonyl (C=O) groups is 2. The predicted molar refractivity (Wildman–Crippen MR) is 86.0 cm³/mol. The van der Waals surface area contributed by atoms with E-state index in [0.29, 0.717) is 25.8 Å². The first-order valence-electron chi connectivity index (χ1n) is 7.80. The van der Waals surface area contributed by atoms with Gasteiger partial charge >= 0.3 is 0 Å². The van der Waals surface area contributed by atoms with Gasteiger partial charge in [0.25, 0.3) is 11.8 Å². The van der Waals surface area contributed by atoms with E-state index in [2.05, 4.69) is 10.5 Å². The third-order valence-electron chi connectivity index (χ3n) is 3.57. The van der Waals surface area contributed by atoms with Crippen molar-refractivity contribution in [3.63, 3.8) is 0 Å². The molecule has 1 atom stereocenters. The second-order valence-electron chi connectivity index (χ2n) is 5.36. The van der Waals surface area contributed by atoms with Gasteiger partial charge in [-0.2, -0.15) is 0 Å². The number of oxime groups is 1. The Morgan fingerprint density at radius 1 is 1.48 bits per heavy atom. The van der Waals surface area contributed by atoms with E-state index in [1.807, 2.05) is 6.92 Å². The highest BCUT2D eigenvalue weighted by Crippen LogP contribution is 2.14. The number of nitrogens with one attached hydrogen (secondary N) is 1. The SMILES string of the molecule is CCC1CN(C(=O)CO/N=C/C(=O)Nc2ccc(F)cc2F)CCO1. The number of amides is 2. The van der Waals surface area contributed by atoms with Gasteiger partial charge in [-0.15, -0.1) is 0 Å². The number of morpholine rings is 1. The van der Waals surface area contributed by atoms with Gasteiger partial charge in [0.15, 0.2) is 6.61 Å². The van der Waals surface area contributed by atoms with Crippen molar-refractivity contribution in [3.8, 4) is 0 Å². The Morgan fingerprint density at radius 3 is 3.00 bits per heavy atom. The molecule has 0 radical (unpaired) electrons. The summed E-state index contributed by atoms with van der Waals surface area (Å²) in [7, 11) is 0. The molecule has 25 heavy (non-hydrogen) atoms. The fourth-order valence-electron chi connectivity index (χ4n) is 2.22. The Hall–Kier alpha value is -2.55. The maximum atomic E-state index is 13.4. The Kier molecular flexibility index (Phi) is 6.81. The Morgan fingerprint density at radius 2 is 2.28 bits per heavy atom. The van der Waals surface area contributed by atoms with E-state index < -0.39 is 17.5 Å². The van der Waals surface area contributed by atoms with Crippen LogP contribution in [-0.4, -0.2) is 55.3 Å². The van der Waals surface area contributed by atoms with E-state index in [0.717, 1.165) is 24.8 Å². The minimum absolute atomic E-state index is 0.0117. The lowest BCUT2D eigenvalue weighted by Gasteiger charge is -2.32. The Balaban J connectivity index is 1.74.